The summed E-state index contributed by atoms with van der Waals surface area (Å²) in [4.78, 5) is 16.3. The summed E-state index contributed by atoms with van der Waals surface area (Å²) in [6.07, 6.45) is 2.50. The van der Waals surface area contributed by atoms with Gasteiger partial charge in [-0.1, -0.05) is 12.1 Å². The third-order valence-corrected chi connectivity index (χ3v) is 3.98. The molecule has 0 aliphatic rings. The van der Waals surface area contributed by atoms with Gasteiger partial charge in [0.15, 0.2) is 11.5 Å². The fraction of sp³-hybridized carbons (Fsp3) is 0.250. The Balaban J connectivity index is 1.68. The average Bonchev–Trinajstić information content (AvgIpc) is 3.33. The fourth-order valence-corrected chi connectivity index (χ4v) is 2.55. The molecular formula is C20H20FN3O4. The summed E-state index contributed by atoms with van der Waals surface area (Å²) in [7, 11) is 0. The van der Waals surface area contributed by atoms with E-state index >= 15 is 0 Å². The standard InChI is InChI=1S/C20H20FN3O4/c1-3-27-13(2)24-12-22-20(23-24)18(26)11-17(25)19-9-8-16(28-19)10-14-4-6-15(21)7-5-14/h4-9,11-13,26H,3,10H2,1-2H3/b18-11-. The van der Waals surface area contributed by atoms with Crippen molar-refractivity contribution in [2.75, 3.05) is 6.61 Å². The molecule has 0 aliphatic carbocycles. The van der Waals surface area contributed by atoms with Gasteiger partial charge < -0.3 is 14.3 Å². The second kappa shape index (κ2) is 8.62. The fourth-order valence-electron chi connectivity index (χ4n) is 2.55. The van der Waals surface area contributed by atoms with E-state index in [2.05, 4.69) is 10.1 Å². The van der Waals surface area contributed by atoms with Gasteiger partial charge in [0.1, 0.15) is 24.1 Å². The van der Waals surface area contributed by atoms with Crippen molar-refractivity contribution in [1.82, 2.24) is 14.8 Å². The van der Waals surface area contributed by atoms with Gasteiger partial charge in [-0.3, -0.25) is 4.79 Å². The first kappa shape index (κ1) is 19.5. The van der Waals surface area contributed by atoms with Crippen molar-refractivity contribution in [2.24, 2.45) is 0 Å². The largest absolute Gasteiger partial charge is 0.504 e. The van der Waals surface area contributed by atoms with Crippen molar-refractivity contribution in [3.05, 3.63) is 77.5 Å². The number of ether oxygens (including phenoxy) is 1. The molecule has 1 unspecified atom stereocenters. The Morgan fingerprint density at radius 3 is 2.79 bits per heavy atom. The lowest BCUT2D eigenvalue weighted by Gasteiger charge is -2.10. The van der Waals surface area contributed by atoms with Crippen LogP contribution in [-0.2, 0) is 11.2 Å². The van der Waals surface area contributed by atoms with Gasteiger partial charge >= 0.3 is 0 Å². The zero-order valence-electron chi connectivity index (χ0n) is 15.5. The minimum atomic E-state index is -0.517. The maximum Gasteiger partial charge on any atom is 0.224 e. The van der Waals surface area contributed by atoms with Gasteiger partial charge in [0.05, 0.1) is 0 Å². The van der Waals surface area contributed by atoms with Crippen molar-refractivity contribution in [2.45, 2.75) is 26.5 Å². The number of rotatable bonds is 8. The van der Waals surface area contributed by atoms with Crippen molar-refractivity contribution in [3.63, 3.8) is 0 Å². The van der Waals surface area contributed by atoms with Gasteiger partial charge in [-0.25, -0.2) is 14.1 Å². The number of nitrogens with zero attached hydrogens (tertiary/aromatic N) is 3. The van der Waals surface area contributed by atoms with E-state index in [-0.39, 0.29) is 29.4 Å². The Morgan fingerprint density at radius 1 is 1.32 bits per heavy atom. The Kier molecular flexibility index (Phi) is 6.00. The highest BCUT2D eigenvalue weighted by Crippen LogP contribution is 2.16. The highest BCUT2D eigenvalue weighted by molar-refractivity contribution is 6.05. The number of carbonyl (C=O) groups is 1. The van der Waals surface area contributed by atoms with E-state index in [9.17, 15) is 14.3 Å². The lowest BCUT2D eigenvalue weighted by atomic mass is 10.1. The zero-order chi connectivity index (χ0) is 20.1. The molecule has 0 radical (unpaired) electrons. The Bertz CT molecular complexity index is 976. The summed E-state index contributed by atoms with van der Waals surface area (Å²) in [5, 5.41) is 14.2. The molecule has 2 aromatic heterocycles. The summed E-state index contributed by atoms with van der Waals surface area (Å²) in [5.41, 5.74) is 0.853. The first-order chi connectivity index (χ1) is 13.5. The molecule has 146 valence electrons. The monoisotopic (exact) mass is 385 g/mol. The van der Waals surface area contributed by atoms with Gasteiger partial charge in [0.25, 0.3) is 0 Å². The number of benzene rings is 1. The predicted molar refractivity (Wildman–Crippen MR) is 99.2 cm³/mol. The molecular weight excluding hydrogens is 365 g/mol. The smallest absolute Gasteiger partial charge is 0.224 e. The first-order valence-corrected chi connectivity index (χ1v) is 8.77. The molecule has 0 bridgehead atoms. The van der Waals surface area contributed by atoms with Gasteiger partial charge in [0.2, 0.25) is 11.6 Å². The van der Waals surface area contributed by atoms with Crippen LogP contribution in [-0.4, -0.2) is 32.3 Å². The SMILES string of the molecule is CCOC(C)n1cnc(/C(O)=C/C(=O)c2ccc(Cc3ccc(F)cc3)o2)n1. The topological polar surface area (TPSA) is 90.4 Å². The summed E-state index contributed by atoms with van der Waals surface area (Å²) < 4.78 is 25.3. The van der Waals surface area contributed by atoms with Crippen LogP contribution in [0.4, 0.5) is 4.39 Å². The molecule has 7 nitrogen and oxygen atoms in total. The van der Waals surface area contributed by atoms with Crippen LogP contribution in [0.2, 0.25) is 0 Å². The molecule has 0 aliphatic heterocycles. The predicted octanol–water partition coefficient (Wildman–Crippen LogP) is 3.94. The first-order valence-electron chi connectivity index (χ1n) is 8.77. The van der Waals surface area contributed by atoms with Crippen LogP contribution >= 0.6 is 0 Å². The molecule has 0 saturated heterocycles. The minimum Gasteiger partial charge on any atom is -0.504 e. The van der Waals surface area contributed by atoms with Gasteiger partial charge in [-0.05, 0) is 43.7 Å². The molecule has 8 heteroatoms. The highest BCUT2D eigenvalue weighted by Gasteiger charge is 2.15. The highest BCUT2D eigenvalue weighted by atomic mass is 19.1. The Morgan fingerprint density at radius 2 is 2.07 bits per heavy atom. The molecule has 0 spiro atoms. The molecule has 3 aromatic rings. The summed E-state index contributed by atoms with van der Waals surface area (Å²) >= 11 is 0. The van der Waals surface area contributed by atoms with E-state index in [1.165, 1.54) is 29.2 Å². The van der Waals surface area contributed by atoms with Gasteiger partial charge in [-0.2, -0.15) is 0 Å². The molecule has 1 N–H and O–H groups in total. The third-order valence-electron chi connectivity index (χ3n) is 3.98. The van der Waals surface area contributed by atoms with Crippen LogP contribution in [0.3, 0.4) is 0 Å². The minimum absolute atomic E-state index is 0.0120. The summed E-state index contributed by atoms with van der Waals surface area (Å²) in [5.74, 6) is -0.563. The van der Waals surface area contributed by atoms with Gasteiger partial charge in [0, 0.05) is 19.1 Å². The quantitative estimate of drug-likeness (QED) is 0.359. The number of hydrogen-bond acceptors (Lipinski definition) is 6. The number of allylic oxidation sites excluding steroid dienone is 1. The molecule has 0 fully saturated rings. The summed E-state index contributed by atoms with van der Waals surface area (Å²) in [6.45, 7) is 4.16. The number of carbonyl (C=O) groups excluding carboxylic acids is 1. The molecule has 1 atom stereocenters. The maximum absolute atomic E-state index is 13.0. The number of aliphatic hydroxyl groups is 1. The van der Waals surface area contributed by atoms with E-state index in [1.54, 1.807) is 25.1 Å². The number of furan rings is 1. The number of ketones is 1. The van der Waals surface area contributed by atoms with E-state index in [4.69, 9.17) is 9.15 Å². The van der Waals surface area contributed by atoms with Crippen molar-refractivity contribution in [1.29, 1.82) is 0 Å². The molecule has 0 saturated carbocycles. The van der Waals surface area contributed by atoms with E-state index in [1.807, 2.05) is 6.92 Å². The van der Waals surface area contributed by atoms with Crippen molar-refractivity contribution in [3.8, 4) is 0 Å². The third kappa shape index (κ3) is 4.72. The van der Waals surface area contributed by atoms with E-state index in [0.717, 1.165) is 11.6 Å². The van der Waals surface area contributed by atoms with E-state index < -0.39 is 5.78 Å². The Hall–Kier alpha value is -3.26. The average molecular weight is 385 g/mol. The van der Waals surface area contributed by atoms with Crippen LogP contribution in [0, 0.1) is 5.82 Å². The van der Waals surface area contributed by atoms with Crippen molar-refractivity contribution >= 4 is 11.5 Å². The normalized spacial score (nSPS) is 12.9. The molecule has 2 heterocycles. The number of aliphatic hydroxyl groups excluding tert-OH is 1. The summed E-state index contributed by atoms with van der Waals surface area (Å²) in [6, 6.07) is 9.21. The number of halogens is 1. The van der Waals surface area contributed by atoms with Crippen LogP contribution in [0.1, 0.15) is 47.8 Å². The lowest BCUT2D eigenvalue weighted by molar-refractivity contribution is 0.0156. The van der Waals surface area contributed by atoms with Crippen LogP contribution in [0.15, 0.2) is 53.2 Å². The van der Waals surface area contributed by atoms with Crippen LogP contribution < -0.4 is 0 Å². The molecule has 0 amide bonds. The van der Waals surface area contributed by atoms with Crippen LogP contribution in [0.5, 0.6) is 0 Å². The van der Waals surface area contributed by atoms with E-state index in [0.29, 0.717) is 18.8 Å². The maximum atomic E-state index is 13.0. The molecule has 28 heavy (non-hydrogen) atoms. The van der Waals surface area contributed by atoms with Crippen LogP contribution in [0.25, 0.3) is 5.76 Å². The molecule has 1 aromatic carbocycles. The van der Waals surface area contributed by atoms with Crippen molar-refractivity contribution < 1.29 is 23.4 Å². The Labute approximate surface area is 161 Å². The molecule has 3 rings (SSSR count). The number of aromatic nitrogens is 3. The lowest BCUT2D eigenvalue weighted by Crippen LogP contribution is -2.10. The second-order valence-electron chi connectivity index (χ2n) is 6.07. The zero-order valence-corrected chi connectivity index (χ0v) is 15.5. The number of hydrogen-bond donors (Lipinski definition) is 1. The van der Waals surface area contributed by atoms with Gasteiger partial charge in [-0.15, -0.1) is 5.10 Å². The second-order valence-corrected chi connectivity index (χ2v) is 6.07.